The molecule has 2 aromatic heterocycles. The number of rotatable bonds is 2. The van der Waals surface area contributed by atoms with Crippen LogP contribution in [0.2, 0.25) is 0 Å². The summed E-state index contributed by atoms with van der Waals surface area (Å²) in [7, 11) is 0. The van der Waals surface area contributed by atoms with E-state index < -0.39 is 0 Å². The molecule has 0 saturated carbocycles. The first-order chi connectivity index (χ1) is 6.81. The number of furan rings is 1. The maximum atomic E-state index is 11.4. The lowest BCUT2D eigenvalue weighted by Crippen LogP contribution is -2.21. The van der Waals surface area contributed by atoms with Gasteiger partial charge in [0.15, 0.2) is 11.3 Å². The highest BCUT2D eigenvalue weighted by Gasteiger charge is 2.10. The molecule has 0 atom stereocenters. The smallest absolute Gasteiger partial charge is 0.287 e. The maximum absolute atomic E-state index is 11.4. The molecule has 0 fully saturated rings. The Morgan fingerprint density at radius 3 is 3.21 bits per heavy atom. The van der Waals surface area contributed by atoms with Crippen molar-refractivity contribution in [2.24, 2.45) is 0 Å². The number of carbonyl (C=O) groups excluding carboxylic acids is 1. The lowest BCUT2D eigenvalue weighted by atomic mass is 10.3. The van der Waals surface area contributed by atoms with Crippen molar-refractivity contribution >= 4 is 16.9 Å². The second-order valence-electron chi connectivity index (χ2n) is 2.88. The molecule has 72 valence electrons. The number of hydrogen-bond acceptors (Lipinski definition) is 3. The van der Waals surface area contributed by atoms with Gasteiger partial charge in [0.2, 0.25) is 0 Å². The Kier molecular flexibility index (Phi) is 2.18. The third kappa shape index (κ3) is 1.46. The van der Waals surface area contributed by atoms with E-state index in [-0.39, 0.29) is 5.91 Å². The van der Waals surface area contributed by atoms with Gasteiger partial charge in [0.25, 0.3) is 5.91 Å². The molecule has 14 heavy (non-hydrogen) atoms. The number of aromatic nitrogens is 1. The molecule has 2 aromatic rings. The van der Waals surface area contributed by atoms with Gasteiger partial charge in [-0.15, -0.1) is 0 Å². The minimum atomic E-state index is -0.191. The van der Waals surface area contributed by atoms with E-state index in [0.717, 1.165) is 5.39 Å². The van der Waals surface area contributed by atoms with Gasteiger partial charge in [-0.2, -0.15) is 0 Å². The zero-order valence-electron chi connectivity index (χ0n) is 7.78. The van der Waals surface area contributed by atoms with E-state index in [2.05, 4.69) is 10.3 Å². The van der Waals surface area contributed by atoms with E-state index in [1.165, 1.54) is 0 Å². The number of nitrogens with zero attached hydrogens (tertiary/aromatic N) is 1. The molecule has 1 amide bonds. The Hall–Kier alpha value is -1.84. The number of nitrogens with one attached hydrogen (secondary N) is 1. The zero-order chi connectivity index (χ0) is 9.97. The fraction of sp³-hybridized carbons (Fsp3) is 0.200. The summed E-state index contributed by atoms with van der Waals surface area (Å²) in [6, 6.07) is 3.52. The molecule has 0 spiro atoms. The van der Waals surface area contributed by atoms with Crippen LogP contribution in [0.15, 0.2) is 28.9 Å². The van der Waals surface area contributed by atoms with Crippen LogP contribution < -0.4 is 5.32 Å². The number of pyridine rings is 1. The van der Waals surface area contributed by atoms with E-state index in [1.54, 1.807) is 18.5 Å². The summed E-state index contributed by atoms with van der Waals surface area (Å²) in [5.74, 6) is 0.138. The van der Waals surface area contributed by atoms with Gasteiger partial charge in [0.1, 0.15) is 0 Å². The predicted octanol–water partition coefficient (Wildman–Crippen LogP) is 1.58. The van der Waals surface area contributed by atoms with Crippen molar-refractivity contribution in [3.05, 3.63) is 30.3 Å². The van der Waals surface area contributed by atoms with Crippen molar-refractivity contribution in [3.8, 4) is 0 Å². The summed E-state index contributed by atoms with van der Waals surface area (Å²) < 4.78 is 5.31. The van der Waals surface area contributed by atoms with Gasteiger partial charge in [0.05, 0.1) is 6.20 Å². The van der Waals surface area contributed by atoms with Crippen LogP contribution in [-0.2, 0) is 0 Å². The van der Waals surface area contributed by atoms with Crippen LogP contribution in [0.3, 0.4) is 0 Å². The quantitative estimate of drug-likeness (QED) is 0.782. The van der Waals surface area contributed by atoms with Crippen LogP contribution in [0.1, 0.15) is 17.5 Å². The third-order valence-corrected chi connectivity index (χ3v) is 1.88. The molecule has 0 aliphatic heterocycles. The monoisotopic (exact) mass is 190 g/mol. The maximum Gasteiger partial charge on any atom is 0.287 e. The lowest BCUT2D eigenvalue weighted by molar-refractivity contribution is 0.0930. The van der Waals surface area contributed by atoms with Crippen LogP contribution in [0.25, 0.3) is 11.0 Å². The van der Waals surface area contributed by atoms with Crippen molar-refractivity contribution in [3.63, 3.8) is 0 Å². The van der Waals surface area contributed by atoms with E-state index in [9.17, 15) is 4.79 Å². The van der Waals surface area contributed by atoms with Gasteiger partial charge >= 0.3 is 0 Å². The van der Waals surface area contributed by atoms with Crippen molar-refractivity contribution in [1.82, 2.24) is 10.3 Å². The van der Waals surface area contributed by atoms with E-state index >= 15 is 0 Å². The van der Waals surface area contributed by atoms with Gasteiger partial charge in [-0.3, -0.25) is 9.78 Å². The molecule has 4 nitrogen and oxygen atoms in total. The second kappa shape index (κ2) is 3.49. The Morgan fingerprint density at radius 1 is 1.64 bits per heavy atom. The normalized spacial score (nSPS) is 10.4. The number of amides is 1. The lowest BCUT2D eigenvalue weighted by Gasteiger charge is -1.95. The Bertz CT molecular complexity index is 429. The highest BCUT2D eigenvalue weighted by atomic mass is 16.3. The molecule has 0 aliphatic carbocycles. The molecule has 2 rings (SSSR count). The number of fused-ring (bicyclic) bond motifs is 1. The standard InChI is InChI=1S/C10H10N2O2/c1-2-12-10(13)8-5-7-3-4-11-6-9(7)14-8/h3-6H,2H2,1H3,(H,12,13). The Morgan fingerprint density at radius 2 is 2.50 bits per heavy atom. The fourth-order valence-electron chi connectivity index (χ4n) is 1.24. The summed E-state index contributed by atoms with van der Waals surface area (Å²) in [6.45, 7) is 2.45. The van der Waals surface area contributed by atoms with Crippen molar-refractivity contribution in [1.29, 1.82) is 0 Å². The molecule has 0 unspecified atom stereocenters. The first-order valence-electron chi connectivity index (χ1n) is 4.43. The van der Waals surface area contributed by atoms with Gasteiger partial charge in [-0.05, 0) is 19.1 Å². The minimum Gasteiger partial charge on any atom is -0.449 e. The van der Waals surface area contributed by atoms with E-state index in [1.807, 2.05) is 13.0 Å². The predicted molar refractivity (Wildman–Crippen MR) is 52.0 cm³/mol. The molecular formula is C10H10N2O2. The number of hydrogen-bond donors (Lipinski definition) is 1. The molecule has 0 radical (unpaired) electrons. The minimum absolute atomic E-state index is 0.191. The molecule has 0 aromatic carbocycles. The van der Waals surface area contributed by atoms with Crippen LogP contribution in [0.5, 0.6) is 0 Å². The summed E-state index contributed by atoms with van der Waals surface area (Å²) in [4.78, 5) is 15.3. The first-order valence-corrected chi connectivity index (χ1v) is 4.43. The largest absolute Gasteiger partial charge is 0.449 e. The zero-order valence-corrected chi connectivity index (χ0v) is 7.78. The van der Waals surface area contributed by atoms with E-state index in [4.69, 9.17) is 4.42 Å². The van der Waals surface area contributed by atoms with Gasteiger partial charge in [-0.25, -0.2) is 0 Å². The molecule has 1 N–H and O–H groups in total. The number of carbonyl (C=O) groups is 1. The SMILES string of the molecule is CCNC(=O)c1cc2ccncc2o1. The van der Waals surface area contributed by atoms with Crippen molar-refractivity contribution in [2.45, 2.75) is 6.92 Å². The second-order valence-corrected chi connectivity index (χ2v) is 2.88. The van der Waals surface area contributed by atoms with Crippen LogP contribution in [-0.4, -0.2) is 17.4 Å². The van der Waals surface area contributed by atoms with Crippen LogP contribution in [0, 0.1) is 0 Å². The van der Waals surface area contributed by atoms with Gasteiger partial charge in [-0.1, -0.05) is 0 Å². The fourth-order valence-corrected chi connectivity index (χ4v) is 1.24. The molecule has 0 aliphatic rings. The average Bonchev–Trinajstić information content (AvgIpc) is 2.61. The van der Waals surface area contributed by atoms with Crippen molar-refractivity contribution in [2.75, 3.05) is 6.54 Å². The van der Waals surface area contributed by atoms with Gasteiger partial charge < -0.3 is 9.73 Å². The average molecular weight is 190 g/mol. The van der Waals surface area contributed by atoms with Gasteiger partial charge in [0, 0.05) is 18.1 Å². The topological polar surface area (TPSA) is 55.1 Å². The first kappa shape index (κ1) is 8.74. The molecule has 2 heterocycles. The summed E-state index contributed by atoms with van der Waals surface area (Å²) in [6.07, 6.45) is 3.26. The van der Waals surface area contributed by atoms with Crippen molar-refractivity contribution < 1.29 is 9.21 Å². The van der Waals surface area contributed by atoms with E-state index in [0.29, 0.717) is 17.9 Å². The van der Waals surface area contributed by atoms with Crippen LogP contribution >= 0.6 is 0 Å². The summed E-state index contributed by atoms with van der Waals surface area (Å²) >= 11 is 0. The Balaban J connectivity index is 2.40. The highest BCUT2D eigenvalue weighted by molar-refractivity contribution is 5.95. The molecule has 0 bridgehead atoms. The third-order valence-electron chi connectivity index (χ3n) is 1.88. The molecular weight excluding hydrogens is 180 g/mol. The molecule has 4 heteroatoms. The summed E-state index contributed by atoms with van der Waals surface area (Å²) in [5, 5.41) is 3.56. The molecule has 0 saturated heterocycles. The highest BCUT2D eigenvalue weighted by Crippen LogP contribution is 2.17. The Labute approximate surface area is 80.9 Å². The van der Waals surface area contributed by atoms with Crippen LogP contribution in [0.4, 0.5) is 0 Å². The summed E-state index contributed by atoms with van der Waals surface area (Å²) in [5.41, 5.74) is 0.633.